The van der Waals surface area contributed by atoms with Crippen molar-refractivity contribution in [3.05, 3.63) is 0 Å². The second kappa shape index (κ2) is 5.69. The molecule has 1 rings (SSSR count). The van der Waals surface area contributed by atoms with Crippen molar-refractivity contribution in [2.75, 3.05) is 46.8 Å². The van der Waals surface area contributed by atoms with E-state index in [1.807, 2.05) is 0 Å². The van der Waals surface area contributed by atoms with Crippen molar-refractivity contribution in [1.29, 1.82) is 0 Å². The molecule has 0 radical (unpaired) electrons. The first-order chi connectivity index (χ1) is 6.63. The maximum atomic E-state index is 5.73. The Hall–Kier alpha value is -0.120. The number of likely N-dealkylation sites (tertiary alicyclic amines) is 1. The number of likely N-dealkylation sites (N-methyl/N-ethyl adjacent to an activating group) is 1. The standard InChI is InChI=1S/C11H25N3/c1-10-9-14(7-6-13(2)3)5-4-11(10)8-12/h10-11H,4-9,12H2,1-3H3. The Labute approximate surface area is 88.2 Å². The molecule has 2 N–H and O–H groups in total. The van der Waals surface area contributed by atoms with Gasteiger partial charge in [-0.25, -0.2) is 0 Å². The van der Waals surface area contributed by atoms with E-state index < -0.39 is 0 Å². The fourth-order valence-corrected chi connectivity index (χ4v) is 2.18. The predicted octanol–water partition coefficient (Wildman–Crippen LogP) is 0.465. The van der Waals surface area contributed by atoms with Gasteiger partial charge in [0.25, 0.3) is 0 Å². The van der Waals surface area contributed by atoms with Crippen molar-refractivity contribution in [2.24, 2.45) is 17.6 Å². The Morgan fingerprint density at radius 2 is 2.14 bits per heavy atom. The Balaban J connectivity index is 2.24. The maximum Gasteiger partial charge on any atom is 0.0109 e. The zero-order valence-electron chi connectivity index (χ0n) is 9.87. The summed E-state index contributed by atoms with van der Waals surface area (Å²) in [7, 11) is 4.27. The number of hydrogen-bond acceptors (Lipinski definition) is 3. The van der Waals surface area contributed by atoms with Gasteiger partial charge >= 0.3 is 0 Å². The van der Waals surface area contributed by atoms with E-state index in [-0.39, 0.29) is 0 Å². The van der Waals surface area contributed by atoms with Crippen LogP contribution >= 0.6 is 0 Å². The molecule has 0 aliphatic carbocycles. The molecule has 14 heavy (non-hydrogen) atoms. The molecule has 3 heteroatoms. The van der Waals surface area contributed by atoms with Crippen LogP contribution in [0.25, 0.3) is 0 Å². The molecule has 1 aliphatic heterocycles. The molecule has 2 atom stereocenters. The van der Waals surface area contributed by atoms with Crippen LogP contribution in [0, 0.1) is 11.8 Å². The van der Waals surface area contributed by atoms with Crippen LogP contribution in [0.15, 0.2) is 0 Å². The monoisotopic (exact) mass is 199 g/mol. The van der Waals surface area contributed by atoms with Gasteiger partial charge in [0.15, 0.2) is 0 Å². The van der Waals surface area contributed by atoms with Gasteiger partial charge in [0.1, 0.15) is 0 Å². The van der Waals surface area contributed by atoms with Gasteiger partial charge in [0, 0.05) is 19.6 Å². The third-order valence-electron chi connectivity index (χ3n) is 3.33. The summed E-state index contributed by atoms with van der Waals surface area (Å²) < 4.78 is 0. The molecule has 1 heterocycles. The van der Waals surface area contributed by atoms with Crippen LogP contribution in [-0.4, -0.2) is 56.6 Å². The normalized spacial score (nSPS) is 29.8. The number of rotatable bonds is 4. The summed E-state index contributed by atoms with van der Waals surface area (Å²) in [5.41, 5.74) is 5.73. The van der Waals surface area contributed by atoms with E-state index in [0.717, 1.165) is 18.4 Å². The average molecular weight is 199 g/mol. The predicted molar refractivity (Wildman–Crippen MR) is 61.3 cm³/mol. The third kappa shape index (κ3) is 3.56. The van der Waals surface area contributed by atoms with Crippen LogP contribution in [0.1, 0.15) is 13.3 Å². The number of piperidine rings is 1. The quantitative estimate of drug-likeness (QED) is 0.714. The molecule has 84 valence electrons. The molecule has 3 nitrogen and oxygen atoms in total. The zero-order valence-corrected chi connectivity index (χ0v) is 9.87. The summed E-state index contributed by atoms with van der Waals surface area (Å²) in [5.74, 6) is 1.53. The van der Waals surface area contributed by atoms with Gasteiger partial charge in [-0.2, -0.15) is 0 Å². The van der Waals surface area contributed by atoms with E-state index in [1.165, 1.54) is 32.6 Å². The van der Waals surface area contributed by atoms with Gasteiger partial charge in [-0.1, -0.05) is 6.92 Å². The van der Waals surface area contributed by atoms with Gasteiger partial charge in [0.05, 0.1) is 0 Å². The fraction of sp³-hybridized carbons (Fsp3) is 1.00. The Bertz CT molecular complexity index is 159. The van der Waals surface area contributed by atoms with E-state index in [4.69, 9.17) is 5.73 Å². The fourth-order valence-electron chi connectivity index (χ4n) is 2.18. The lowest BCUT2D eigenvalue weighted by Gasteiger charge is -2.36. The van der Waals surface area contributed by atoms with Crippen molar-refractivity contribution in [1.82, 2.24) is 9.80 Å². The maximum absolute atomic E-state index is 5.73. The minimum Gasteiger partial charge on any atom is -0.330 e. The summed E-state index contributed by atoms with van der Waals surface area (Å²) in [6, 6.07) is 0. The van der Waals surface area contributed by atoms with E-state index in [1.54, 1.807) is 0 Å². The van der Waals surface area contributed by atoms with Gasteiger partial charge in [-0.3, -0.25) is 0 Å². The molecular weight excluding hydrogens is 174 g/mol. The first kappa shape index (κ1) is 12.0. The molecule has 0 amide bonds. The van der Waals surface area contributed by atoms with Crippen LogP contribution < -0.4 is 5.73 Å². The van der Waals surface area contributed by atoms with Gasteiger partial charge in [0.2, 0.25) is 0 Å². The second-order valence-corrected chi connectivity index (χ2v) is 4.87. The second-order valence-electron chi connectivity index (χ2n) is 4.87. The molecular formula is C11H25N3. The molecule has 1 aliphatic rings. The van der Waals surface area contributed by atoms with Crippen molar-refractivity contribution < 1.29 is 0 Å². The number of hydrogen-bond donors (Lipinski definition) is 1. The lowest BCUT2D eigenvalue weighted by Crippen LogP contribution is -2.44. The first-order valence-electron chi connectivity index (χ1n) is 5.70. The highest BCUT2D eigenvalue weighted by atomic mass is 15.2. The number of nitrogens with two attached hydrogens (primary N) is 1. The zero-order chi connectivity index (χ0) is 10.6. The van der Waals surface area contributed by atoms with Crippen molar-refractivity contribution in [3.8, 4) is 0 Å². The molecule has 0 aromatic rings. The molecule has 0 saturated carbocycles. The third-order valence-corrected chi connectivity index (χ3v) is 3.33. The van der Waals surface area contributed by atoms with Gasteiger partial charge < -0.3 is 15.5 Å². The lowest BCUT2D eigenvalue weighted by atomic mass is 9.87. The lowest BCUT2D eigenvalue weighted by molar-refractivity contribution is 0.125. The summed E-state index contributed by atoms with van der Waals surface area (Å²) in [4.78, 5) is 4.82. The van der Waals surface area contributed by atoms with E-state index in [9.17, 15) is 0 Å². The summed E-state index contributed by atoms with van der Waals surface area (Å²) in [6.45, 7) is 8.03. The van der Waals surface area contributed by atoms with Gasteiger partial charge in [-0.15, -0.1) is 0 Å². The first-order valence-corrected chi connectivity index (χ1v) is 5.70. The molecule has 2 unspecified atom stereocenters. The van der Waals surface area contributed by atoms with Crippen molar-refractivity contribution >= 4 is 0 Å². The summed E-state index contributed by atoms with van der Waals surface area (Å²) >= 11 is 0. The molecule has 1 saturated heterocycles. The topological polar surface area (TPSA) is 32.5 Å². The van der Waals surface area contributed by atoms with E-state index in [0.29, 0.717) is 0 Å². The van der Waals surface area contributed by atoms with Crippen molar-refractivity contribution in [2.45, 2.75) is 13.3 Å². The minimum atomic E-state index is 0.755. The molecule has 0 spiro atoms. The Morgan fingerprint density at radius 3 is 2.64 bits per heavy atom. The summed E-state index contributed by atoms with van der Waals surface area (Å²) in [6.07, 6.45) is 1.28. The van der Waals surface area contributed by atoms with E-state index in [2.05, 4.69) is 30.8 Å². The minimum absolute atomic E-state index is 0.755. The highest BCUT2D eigenvalue weighted by Crippen LogP contribution is 2.21. The van der Waals surface area contributed by atoms with E-state index >= 15 is 0 Å². The SMILES string of the molecule is CC1CN(CCN(C)C)CCC1CN. The Kier molecular flexibility index (Phi) is 4.85. The molecule has 1 fully saturated rings. The van der Waals surface area contributed by atoms with Gasteiger partial charge in [-0.05, 0) is 45.4 Å². The smallest absolute Gasteiger partial charge is 0.0109 e. The molecule has 0 bridgehead atoms. The van der Waals surface area contributed by atoms with Crippen LogP contribution in [0.5, 0.6) is 0 Å². The number of nitrogens with zero attached hydrogens (tertiary/aromatic N) is 2. The van der Waals surface area contributed by atoms with Crippen LogP contribution in [0.3, 0.4) is 0 Å². The van der Waals surface area contributed by atoms with Crippen molar-refractivity contribution in [3.63, 3.8) is 0 Å². The summed E-state index contributed by atoms with van der Waals surface area (Å²) in [5, 5.41) is 0. The highest BCUT2D eigenvalue weighted by Gasteiger charge is 2.24. The Morgan fingerprint density at radius 1 is 1.43 bits per heavy atom. The van der Waals surface area contributed by atoms with Crippen LogP contribution in [-0.2, 0) is 0 Å². The van der Waals surface area contributed by atoms with Crippen LogP contribution in [0.4, 0.5) is 0 Å². The largest absolute Gasteiger partial charge is 0.330 e. The molecule has 0 aromatic heterocycles. The highest BCUT2D eigenvalue weighted by molar-refractivity contribution is 4.78. The van der Waals surface area contributed by atoms with Crippen LogP contribution in [0.2, 0.25) is 0 Å². The molecule has 0 aromatic carbocycles. The average Bonchev–Trinajstić information content (AvgIpc) is 2.15.